The molecule has 2 N–H and O–H groups in total. The van der Waals surface area contributed by atoms with Gasteiger partial charge in [-0.15, -0.1) is 0 Å². The zero-order chi connectivity index (χ0) is 17.7. The van der Waals surface area contributed by atoms with Crippen molar-refractivity contribution in [2.24, 2.45) is 5.73 Å². The molecule has 0 aromatic heterocycles. The number of primary amides is 1. The molecule has 0 spiro atoms. The van der Waals surface area contributed by atoms with Gasteiger partial charge in [0.15, 0.2) is 0 Å². The van der Waals surface area contributed by atoms with Gasteiger partial charge in [-0.05, 0) is 12.8 Å². The van der Waals surface area contributed by atoms with E-state index in [1.165, 1.54) is 57.4 Å². The Kier molecular flexibility index (Phi) is 17.3. The van der Waals surface area contributed by atoms with Crippen LogP contribution in [0.2, 0.25) is 0 Å². The molecule has 0 unspecified atom stereocenters. The summed E-state index contributed by atoms with van der Waals surface area (Å²) in [6.45, 7) is 2.26. The summed E-state index contributed by atoms with van der Waals surface area (Å²) in [4.78, 5) is 10.4. The van der Waals surface area contributed by atoms with E-state index in [9.17, 15) is 4.79 Å². The Balaban J connectivity index is 3.57. The predicted molar refractivity (Wildman–Crippen MR) is 107 cm³/mol. The van der Waals surface area contributed by atoms with E-state index in [0.29, 0.717) is 0 Å². The fraction of sp³-hybridized carbons (Fsp3) is 0.409. The van der Waals surface area contributed by atoms with E-state index in [2.05, 4.69) is 25.2 Å². The van der Waals surface area contributed by atoms with Gasteiger partial charge in [-0.3, -0.25) is 4.79 Å². The first kappa shape index (κ1) is 21.9. The number of unbranched alkanes of at least 4 members (excludes halogenated alkanes) is 7. The van der Waals surface area contributed by atoms with Gasteiger partial charge in [-0.2, -0.15) is 0 Å². The Labute approximate surface area is 148 Å². The molecule has 0 fully saturated rings. The fourth-order valence-corrected chi connectivity index (χ4v) is 2.06. The molecule has 24 heavy (non-hydrogen) atoms. The number of carbonyl (C=O) groups excluding carboxylic acids is 1. The Morgan fingerprint density at radius 1 is 0.667 bits per heavy atom. The molecular formula is C22H33NO. The van der Waals surface area contributed by atoms with Gasteiger partial charge in [0.2, 0.25) is 5.91 Å². The lowest BCUT2D eigenvalue weighted by molar-refractivity contribution is -0.113. The van der Waals surface area contributed by atoms with Crippen LogP contribution in [0.5, 0.6) is 0 Å². The van der Waals surface area contributed by atoms with Gasteiger partial charge in [0.25, 0.3) is 0 Å². The Bertz CT molecular complexity index is 464. The van der Waals surface area contributed by atoms with Crippen molar-refractivity contribution in [1.82, 2.24) is 0 Å². The quantitative estimate of drug-likeness (QED) is 0.239. The van der Waals surface area contributed by atoms with E-state index in [4.69, 9.17) is 5.73 Å². The number of allylic oxidation sites excluding steroid dienone is 11. The summed E-state index contributed by atoms with van der Waals surface area (Å²) in [5, 5.41) is 0. The van der Waals surface area contributed by atoms with Crippen molar-refractivity contribution in [3.05, 3.63) is 72.9 Å². The molecule has 0 aromatic carbocycles. The molecule has 0 saturated heterocycles. The van der Waals surface area contributed by atoms with Crippen molar-refractivity contribution in [3.8, 4) is 0 Å². The van der Waals surface area contributed by atoms with Crippen LogP contribution in [0.1, 0.15) is 58.3 Å². The predicted octanol–water partition coefficient (Wildman–Crippen LogP) is 5.95. The summed E-state index contributed by atoms with van der Waals surface area (Å²) >= 11 is 0. The van der Waals surface area contributed by atoms with Crippen LogP contribution in [-0.4, -0.2) is 5.91 Å². The molecule has 0 rings (SSSR count). The van der Waals surface area contributed by atoms with Gasteiger partial charge in [0, 0.05) is 6.08 Å². The van der Waals surface area contributed by atoms with Gasteiger partial charge in [0.1, 0.15) is 0 Å². The van der Waals surface area contributed by atoms with E-state index >= 15 is 0 Å². The molecule has 0 heterocycles. The summed E-state index contributed by atoms with van der Waals surface area (Å²) in [6.07, 6.45) is 33.4. The second-order valence-corrected chi connectivity index (χ2v) is 5.64. The fourth-order valence-electron chi connectivity index (χ4n) is 2.06. The maximum absolute atomic E-state index is 10.4. The lowest BCUT2D eigenvalue weighted by Gasteiger charge is -1.98. The first-order valence-corrected chi connectivity index (χ1v) is 9.06. The highest BCUT2D eigenvalue weighted by atomic mass is 16.1. The maximum atomic E-state index is 10.4. The molecule has 0 bridgehead atoms. The van der Waals surface area contributed by atoms with Crippen LogP contribution in [0.4, 0.5) is 0 Å². The van der Waals surface area contributed by atoms with Gasteiger partial charge < -0.3 is 5.73 Å². The van der Waals surface area contributed by atoms with Crippen LogP contribution in [0.15, 0.2) is 72.9 Å². The molecule has 0 aliphatic carbocycles. The Morgan fingerprint density at radius 3 is 1.67 bits per heavy atom. The number of hydrogen-bond acceptors (Lipinski definition) is 1. The average Bonchev–Trinajstić information content (AvgIpc) is 2.56. The highest BCUT2D eigenvalue weighted by Crippen LogP contribution is 2.08. The van der Waals surface area contributed by atoms with E-state index in [0.717, 1.165) is 0 Å². The molecule has 2 nitrogen and oxygen atoms in total. The number of carbonyl (C=O) groups is 1. The third kappa shape index (κ3) is 19.9. The SMILES string of the molecule is CCCCCCCCC/C=C/C=C/C=C/C=C/C=C/C=C/C(N)=O. The Morgan fingerprint density at radius 2 is 1.12 bits per heavy atom. The number of hydrogen-bond donors (Lipinski definition) is 1. The summed E-state index contributed by atoms with van der Waals surface area (Å²) in [5.74, 6) is -0.436. The van der Waals surface area contributed by atoms with E-state index in [1.807, 2.05) is 36.5 Å². The number of amides is 1. The number of nitrogens with two attached hydrogens (primary N) is 1. The van der Waals surface area contributed by atoms with E-state index in [-0.39, 0.29) is 0 Å². The van der Waals surface area contributed by atoms with Gasteiger partial charge in [0.05, 0.1) is 0 Å². The first-order valence-electron chi connectivity index (χ1n) is 9.06. The van der Waals surface area contributed by atoms with Crippen molar-refractivity contribution < 1.29 is 4.79 Å². The molecule has 0 aromatic rings. The van der Waals surface area contributed by atoms with Crippen molar-refractivity contribution in [1.29, 1.82) is 0 Å². The molecule has 0 radical (unpaired) electrons. The molecule has 1 amide bonds. The largest absolute Gasteiger partial charge is 0.366 e. The standard InChI is InChI=1S/C22H33NO/c1-2-3-4-5-6-7-8-9-10-11-12-13-14-15-16-17-18-19-20-21-22(23)24/h10-21H,2-9H2,1H3,(H2,23,24)/b11-10+,13-12+,15-14+,17-16+,19-18+,21-20+. The lowest BCUT2D eigenvalue weighted by Crippen LogP contribution is -2.04. The molecule has 0 aliphatic rings. The van der Waals surface area contributed by atoms with Gasteiger partial charge in [-0.25, -0.2) is 0 Å². The van der Waals surface area contributed by atoms with Crippen molar-refractivity contribution in [3.63, 3.8) is 0 Å². The summed E-state index contributed by atoms with van der Waals surface area (Å²) in [6, 6.07) is 0. The molecular weight excluding hydrogens is 294 g/mol. The zero-order valence-corrected chi connectivity index (χ0v) is 15.1. The van der Waals surface area contributed by atoms with Crippen LogP contribution >= 0.6 is 0 Å². The maximum Gasteiger partial charge on any atom is 0.241 e. The molecule has 0 aliphatic heterocycles. The first-order chi connectivity index (χ1) is 11.8. The normalized spacial score (nSPS) is 13.0. The molecule has 0 atom stereocenters. The monoisotopic (exact) mass is 327 g/mol. The molecule has 0 saturated carbocycles. The Hall–Kier alpha value is -2.09. The van der Waals surface area contributed by atoms with Crippen LogP contribution < -0.4 is 5.73 Å². The van der Waals surface area contributed by atoms with Gasteiger partial charge in [-0.1, -0.05) is 112 Å². The minimum atomic E-state index is -0.436. The molecule has 132 valence electrons. The minimum Gasteiger partial charge on any atom is -0.366 e. The van der Waals surface area contributed by atoms with Crippen molar-refractivity contribution in [2.45, 2.75) is 58.3 Å². The van der Waals surface area contributed by atoms with Crippen molar-refractivity contribution >= 4 is 5.91 Å². The van der Waals surface area contributed by atoms with Crippen LogP contribution in [-0.2, 0) is 4.79 Å². The van der Waals surface area contributed by atoms with Crippen LogP contribution in [0.3, 0.4) is 0 Å². The highest BCUT2D eigenvalue weighted by Gasteiger charge is 1.88. The lowest BCUT2D eigenvalue weighted by atomic mass is 10.1. The average molecular weight is 328 g/mol. The third-order valence-corrected chi connectivity index (χ3v) is 3.37. The van der Waals surface area contributed by atoms with Crippen LogP contribution in [0, 0.1) is 0 Å². The summed E-state index contributed by atoms with van der Waals surface area (Å²) in [7, 11) is 0. The number of rotatable bonds is 14. The van der Waals surface area contributed by atoms with Crippen LogP contribution in [0.25, 0.3) is 0 Å². The molecule has 2 heteroatoms. The van der Waals surface area contributed by atoms with Crippen molar-refractivity contribution in [2.75, 3.05) is 0 Å². The summed E-state index contributed by atoms with van der Waals surface area (Å²) in [5.41, 5.74) is 4.97. The second kappa shape index (κ2) is 19.0. The van der Waals surface area contributed by atoms with E-state index in [1.54, 1.807) is 12.2 Å². The summed E-state index contributed by atoms with van der Waals surface area (Å²) < 4.78 is 0. The minimum absolute atomic E-state index is 0.436. The topological polar surface area (TPSA) is 43.1 Å². The van der Waals surface area contributed by atoms with E-state index < -0.39 is 5.91 Å². The smallest absolute Gasteiger partial charge is 0.241 e. The zero-order valence-electron chi connectivity index (χ0n) is 15.1. The third-order valence-electron chi connectivity index (χ3n) is 3.37. The second-order valence-electron chi connectivity index (χ2n) is 5.64. The van der Waals surface area contributed by atoms with Gasteiger partial charge >= 0.3 is 0 Å². The highest BCUT2D eigenvalue weighted by molar-refractivity contribution is 5.85.